The molecule has 438 valence electrons. The van der Waals surface area contributed by atoms with Gasteiger partial charge in [0.25, 0.3) is 0 Å². The average molecular weight is 1040 g/mol. The Kier molecular flexibility index (Phi) is 64.7. The fraction of sp³-hybridized carbons (Fsp3) is 0.900. The highest BCUT2D eigenvalue weighted by atomic mass is 16.3. The monoisotopic (exact) mass is 1040 g/mol. The van der Waals surface area contributed by atoms with Gasteiger partial charge in [-0.3, -0.25) is 4.79 Å². The summed E-state index contributed by atoms with van der Waals surface area (Å²) in [6, 6.07) is -0.638. The first-order valence-corrected chi connectivity index (χ1v) is 34.2. The second-order valence-electron chi connectivity index (χ2n) is 23.6. The van der Waals surface area contributed by atoms with Crippen LogP contribution < -0.4 is 5.32 Å². The van der Waals surface area contributed by atoms with Crippen LogP contribution in [0.5, 0.6) is 0 Å². The van der Waals surface area contributed by atoms with Crippen molar-refractivity contribution in [3.8, 4) is 0 Å². The quantitative estimate of drug-likeness (QED) is 0.0420. The van der Waals surface area contributed by atoms with Crippen molar-refractivity contribution in [1.82, 2.24) is 5.32 Å². The smallest absolute Gasteiger partial charge is 0.220 e. The van der Waals surface area contributed by atoms with Gasteiger partial charge in [0.2, 0.25) is 5.91 Å². The van der Waals surface area contributed by atoms with Crippen molar-refractivity contribution in [3.63, 3.8) is 0 Å². The number of aliphatic hydroxyl groups is 2. The summed E-state index contributed by atoms with van der Waals surface area (Å²) < 4.78 is 0. The molecule has 0 fully saturated rings. The Morgan fingerprint density at radius 2 is 0.527 bits per heavy atom. The largest absolute Gasteiger partial charge is 0.394 e. The Morgan fingerprint density at radius 1 is 0.311 bits per heavy atom. The van der Waals surface area contributed by atoms with Gasteiger partial charge in [-0.2, -0.15) is 0 Å². The number of aliphatic hydroxyl groups excluding tert-OH is 2. The lowest BCUT2D eigenvalue weighted by atomic mass is 10.0. The van der Waals surface area contributed by atoms with Gasteiger partial charge < -0.3 is 15.5 Å². The van der Waals surface area contributed by atoms with Gasteiger partial charge in [0.15, 0.2) is 0 Å². The number of hydrogen-bond donors (Lipinski definition) is 3. The van der Waals surface area contributed by atoms with Crippen molar-refractivity contribution in [3.05, 3.63) is 36.5 Å². The van der Waals surface area contributed by atoms with Gasteiger partial charge in [0.05, 0.1) is 18.8 Å². The van der Waals surface area contributed by atoms with E-state index in [1.54, 1.807) is 6.08 Å². The Balaban J connectivity index is 3.39. The minimum Gasteiger partial charge on any atom is -0.394 e. The normalized spacial score (nSPS) is 12.9. The first-order chi connectivity index (χ1) is 36.7. The van der Waals surface area contributed by atoms with E-state index in [1.807, 2.05) is 6.08 Å². The number of unbranched alkanes of at least 4 members (excludes halogenated alkanes) is 53. The Hall–Kier alpha value is -1.39. The van der Waals surface area contributed by atoms with Gasteiger partial charge >= 0.3 is 0 Å². The SMILES string of the molecule is CCCCCCCCCC/C=C\CCCCCCCCCCCCCCCCCCCCCCCCCCCCCCCC(=O)NC(CO)C(O)/C=C/CC/C=C/CCCCCCCCCCCCCCCCC. The summed E-state index contributed by atoms with van der Waals surface area (Å²) in [7, 11) is 0. The summed E-state index contributed by atoms with van der Waals surface area (Å²) in [4.78, 5) is 12.5. The van der Waals surface area contributed by atoms with Crippen molar-refractivity contribution in [2.45, 2.75) is 398 Å². The zero-order chi connectivity index (χ0) is 53.4. The van der Waals surface area contributed by atoms with Crippen molar-refractivity contribution in [2.24, 2.45) is 0 Å². The highest BCUT2D eigenvalue weighted by Crippen LogP contribution is 2.19. The van der Waals surface area contributed by atoms with E-state index in [1.165, 1.54) is 334 Å². The summed E-state index contributed by atoms with van der Waals surface area (Å²) in [5.74, 6) is -0.0657. The minimum atomic E-state index is -0.861. The van der Waals surface area contributed by atoms with Gasteiger partial charge in [-0.05, 0) is 57.8 Å². The van der Waals surface area contributed by atoms with E-state index < -0.39 is 12.1 Å². The standard InChI is InChI=1S/C70H135NO3/c1-3-5-7-9-11-13-15-17-19-21-23-25-26-27-28-29-30-31-32-33-34-35-36-37-38-39-40-41-42-43-44-46-48-50-52-54-56-58-60-62-64-66-70(74)71-68(67-72)69(73)65-63-61-59-57-55-53-51-49-47-45-24-22-20-18-16-14-12-10-8-6-4-2/h21,23,55,57,63,65,68-69,72-73H,3-20,22,24-54,56,58-62,64,66-67H2,1-2H3,(H,71,74)/b23-21-,57-55+,65-63+. The van der Waals surface area contributed by atoms with Crippen LogP contribution in [0.3, 0.4) is 0 Å². The molecular weight excluding hydrogens is 903 g/mol. The summed E-state index contributed by atoms with van der Waals surface area (Å²) in [6.07, 6.45) is 91.0. The van der Waals surface area contributed by atoms with Crippen molar-refractivity contribution < 1.29 is 15.0 Å². The zero-order valence-corrected chi connectivity index (χ0v) is 50.6. The molecule has 0 heterocycles. The lowest BCUT2D eigenvalue weighted by molar-refractivity contribution is -0.123. The molecule has 0 saturated heterocycles. The summed E-state index contributed by atoms with van der Waals surface area (Å²) >= 11 is 0. The van der Waals surface area contributed by atoms with E-state index in [-0.39, 0.29) is 12.5 Å². The molecule has 0 aromatic carbocycles. The van der Waals surface area contributed by atoms with Crippen LogP contribution in [-0.2, 0) is 4.79 Å². The Morgan fingerprint density at radius 3 is 0.784 bits per heavy atom. The Labute approximate surface area is 465 Å². The number of hydrogen-bond acceptors (Lipinski definition) is 3. The van der Waals surface area contributed by atoms with Crippen molar-refractivity contribution in [2.75, 3.05) is 6.61 Å². The lowest BCUT2D eigenvalue weighted by Crippen LogP contribution is -2.45. The van der Waals surface area contributed by atoms with Gasteiger partial charge in [-0.1, -0.05) is 359 Å². The maximum Gasteiger partial charge on any atom is 0.220 e. The predicted molar refractivity (Wildman–Crippen MR) is 332 cm³/mol. The second kappa shape index (κ2) is 65.9. The molecule has 1 amide bonds. The molecule has 0 radical (unpaired) electrons. The molecule has 0 aliphatic rings. The number of nitrogens with one attached hydrogen (secondary N) is 1. The van der Waals surface area contributed by atoms with Crippen molar-refractivity contribution >= 4 is 5.91 Å². The molecule has 2 atom stereocenters. The van der Waals surface area contributed by atoms with Gasteiger partial charge in [-0.25, -0.2) is 0 Å². The molecule has 4 heteroatoms. The highest BCUT2D eigenvalue weighted by Gasteiger charge is 2.18. The van der Waals surface area contributed by atoms with Crippen LogP contribution in [-0.4, -0.2) is 34.9 Å². The van der Waals surface area contributed by atoms with Crippen LogP contribution in [0, 0.1) is 0 Å². The van der Waals surface area contributed by atoms with Crippen LogP contribution >= 0.6 is 0 Å². The molecule has 0 spiro atoms. The topological polar surface area (TPSA) is 69.6 Å². The number of amides is 1. The van der Waals surface area contributed by atoms with E-state index in [0.29, 0.717) is 6.42 Å². The first-order valence-electron chi connectivity index (χ1n) is 34.2. The van der Waals surface area contributed by atoms with E-state index >= 15 is 0 Å². The van der Waals surface area contributed by atoms with E-state index in [2.05, 4.69) is 43.5 Å². The maximum atomic E-state index is 12.5. The molecule has 0 rings (SSSR count). The van der Waals surface area contributed by atoms with Crippen LogP contribution in [0.2, 0.25) is 0 Å². The number of allylic oxidation sites excluding steroid dienone is 5. The molecule has 0 bridgehead atoms. The molecule has 0 aliphatic carbocycles. The Bertz CT molecular complexity index is 1130. The minimum absolute atomic E-state index is 0.0657. The van der Waals surface area contributed by atoms with Gasteiger partial charge in [0.1, 0.15) is 0 Å². The molecule has 4 nitrogen and oxygen atoms in total. The molecule has 0 aromatic heterocycles. The molecule has 3 N–H and O–H groups in total. The molecule has 2 unspecified atom stereocenters. The third kappa shape index (κ3) is 61.5. The number of rotatable bonds is 64. The molecule has 0 aromatic rings. The number of carbonyl (C=O) groups excluding carboxylic acids is 1. The van der Waals surface area contributed by atoms with Gasteiger partial charge in [-0.15, -0.1) is 0 Å². The predicted octanol–water partition coefficient (Wildman–Crippen LogP) is 23.2. The zero-order valence-electron chi connectivity index (χ0n) is 50.6. The summed E-state index contributed by atoms with van der Waals surface area (Å²) in [5.41, 5.74) is 0. The average Bonchev–Trinajstić information content (AvgIpc) is 3.40. The molecule has 74 heavy (non-hydrogen) atoms. The number of carbonyl (C=O) groups is 1. The highest BCUT2D eigenvalue weighted by molar-refractivity contribution is 5.76. The van der Waals surface area contributed by atoms with Gasteiger partial charge in [0, 0.05) is 6.42 Å². The summed E-state index contributed by atoms with van der Waals surface area (Å²) in [6.45, 7) is 4.34. The maximum absolute atomic E-state index is 12.5. The lowest BCUT2D eigenvalue weighted by Gasteiger charge is -2.19. The molecule has 0 aliphatic heterocycles. The molecule has 0 saturated carbocycles. The van der Waals surface area contributed by atoms with Crippen LogP contribution in [0.4, 0.5) is 0 Å². The molecular formula is C70H135NO3. The third-order valence-corrected chi connectivity index (χ3v) is 16.1. The van der Waals surface area contributed by atoms with Crippen molar-refractivity contribution in [1.29, 1.82) is 0 Å². The van der Waals surface area contributed by atoms with E-state index in [9.17, 15) is 15.0 Å². The third-order valence-electron chi connectivity index (χ3n) is 16.1. The van der Waals surface area contributed by atoms with Crippen LogP contribution in [0.15, 0.2) is 36.5 Å². The van der Waals surface area contributed by atoms with E-state index in [0.717, 1.165) is 32.1 Å². The van der Waals surface area contributed by atoms with E-state index in [4.69, 9.17) is 0 Å². The summed E-state index contributed by atoms with van der Waals surface area (Å²) in [5, 5.41) is 23.2. The van der Waals surface area contributed by atoms with Crippen LogP contribution in [0.1, 0.15) is 386 Å². The fourth-order valence-corrected chi connectivity index (χ4v) is 10.9. The second-order valence-corrected chi connectivity index (χ2v) is 23.6. The first kappa shape index (κ1) is 72.6. The fourth-order valence-electron chi connectivity index (χ4n) is 10.9. The van der Waals surface area contributed by atoms with Crippen LogP contribution in [0.25, 0.3) is 0 Å².